The lowest BCUT2D eigenvalue weighted by atomic mass is 10.5. The van der Waals surface area contributed by atoms with E-state index in [9.17, 15) is 4.79 Å². The van der Waals surface area contributed by atoms with Crippen LogP contribution >= 0.6 is 11.1 Å². The fourth-order valence-electron chi connectivity index (χ4n) is 0.448. The predicted molar refractivity (Wildman–Crippen MR) is 48.4 cm³/mol. The number of thiol groups is 1. The Hall–Kier alpha value is -0.440. The second-order valence-corrected chi connectivity index (χ2v) is 4.50. The minimum absolute atomic E-state index is 0.0959. The van der Waals surface area contributed by atoms with Crippen LogP contribution in [0.4, 0.5) is 0 Å². The van der Waals surface area contributed by atoms with Gasteiger partial charge in [-0.15, -0.1) is 0 Å². The minimum atomic E-state index is -0.280. The molecule has 1 amide bonds. The molecule has 0 heterocycles. The van der Waals surface area contributed by atoms with Gasteiger partial charge < -0.3 is 4.31 Å². The van der Waals surface area contributed by atoms with Crippen LogP contribution in [0.1, 0.15) is 6.92 Å². The molecule has 0 saturated carbocycles. The molecule has 0 spiro atoms. The number of carbonyl (C=O) groups is 1. The van der Waals surface area contributed by atoms with Gasteiger partial charge in [0.1, 0.15) is 0 Å². The number of carbonyl (C=O) groups excluding carboxylic acids is 1. The van der Waals surface area contributed by atoms with Crippen molar-refractivity contribution in [2.75, 3.05) is 19.6 Å². The van der Waals surface area contributed by atoms with Gasteiger partial charge in [0.2, 0.25) is 0 Å². The average Bonchev–Trinajstić information content (AvgIpc) is 1.87. The fraction of sp³-hybridized carbons (Fsp3) is 0.571. The van der Waals surface area contributed by atoms with Crippen LogP contribution in [-0.2, 0) is 4.79 Å². The van der Waals surface area contributed by atoms with Crippen LogP contribution in [0, 0.1) is 0 Å². The van der Waals surface area contributed by atoms with Gasteiger partial charge in [-0.1, -0.05) is 6.08 Å². The topological polar surface area (TPSA) is 20.3 Å². The monoisotopic (exact) mass is 161 g/mol. The molecular weight excluding hydrogens is 146 g/mol. The van der Waals surface area contributed by atoms with E-state index in [2.05, 4.69) is 12.5 Å². The van der Waals surface area contributed by atoms with Crippen LogP contribution in [0.5, 0.6) is 0 Å². The third-order valence-electron chi connectivity index (χ3n) is 1.23. The summed E-state index contributed by atoms with van der Waals surface area (Å²) < 4.78 is 1.76. The normalized spacial score (nSPS) is 11.8. The summed E-state index contributed by atoms with van der Waals surface area (Å²) in [6.07, 6.45) is 7.45. The summed E-state index contributed by atoms with van der Waals surface area (Å²) in [7, 11) is 1.83. The van der Waals surface area contributed by atoms with Crippen molar-refractivity contribution in [2.24, 2.45) is 0 Å². The number of nitrogens with zero attached hydrogens (tertiary/aromatic N) is 1. The van der Waals surface area contributed by atoms with E-state index >= 15 is 0 Å². The van der Waals surface area contributed by atoms with Crippen molar-refractivity contribution in [3.63, 3.8) is 0 Å². The molecule has 0 aromatic carbocycles. The third kappa shape index (κ3) is 2.92. The first-order valence-corrected chi connectivity index (χ1v) is 5.36. The second-order valence-electron chi connectivity index (χ2n) is 2.21. The first-order valence-electron chi connectivity index (χ1n) is 3.17. The van der Waals surface area contributed by atoms with Gasteiger partial charge >= 0.3 is 0 Å². The minimum Gasteiger partial charge on any atom is -0.307 e. The van der Waals surface area contributed by atoms with Crippen LogP contribution in [-0.4, -0.2) is 29.8 Å². The summed E-state index contributed by atoms with van der Waals surface area (Å²) in [6.45, 7) is 1.85. The Morgan fingerprint density at radius 2 is 2.00 bits per heavy atom. The van der Waals surface area contributed by atoms with Crippen molar-refractivity contribution in [3.8, 4) is 0 Å². The van der Waals surface area contributed by atoms with Gasteiger partial charge in [-0.2, -0.15) is 11.1 Å². The molecule has 0 aliphatic heterocycles. The van der Waals surface area contributed by atoms with E-state index in [0.717, 1.165) is 0 Å². The second kappa shape index (κ2) is 4.39. The van der Waals surface area contributed by atoms with Crippen LogP contribution in [0.15, 0.2) is 12.2 Å². The summed E-state index contributed by atoms with van der Waals surface area (Å²) in [4.78, 5) is 11.0. The van der Waals surface area contributed by atoms with Crippen molar-refractivity contribution in [3.05, 3.63) is 12.2 Å². The Morgan fingerprint density at radius 1 is 1.50 bits per heavy atom. The molecule has 0 unspecified atom stereocenters. The maximum Gasteiger partial charge on any atom is 0.254 e. The van der Waals surface area contributed by atoms with E-state index in [1.54, 1.807) is 16.5 Å². The molecule has 0 rings (SSSR count). The molecule has 10 heavy (non-hydrogen) atoms. The Balaban J connectivity index is 3.95. The number of likely N-dealkylation sites (N-methyl/N-ethyl adjacent to an activating group) is 1. The molecule has 0 aliphatic rings. The van der Waals surface area contributed by atoms with Gasteiger partial charge in [0.05, 0.1) is 0 Å². The number of allylic oxidation sites excluding steroid dienone is 1. The number of hydrogen-bond donors (Lipinski definition) is 1. The van der Waals surface area contributed by atoms with Crippen molar-refractivity contribution >= 4 is 17.0 Å². The fourth-order valence-corrected chi connectivity index (χ4v) is 0.908. The highest BCUT2D eigenvalue weighted by Crippen LogP contribution is 2.18. The highest BCUT2D eigenvalue weighted by molar-refractivity contribution is 8.14. The van der Waals surface area contributed by atoms with E-state index in [-0.39, 0.29) is 17.0 Å². The number of amides is 1. The lowest BCUT2D eigenvalue weighted by Gasteiger charge is -2.22. The van der Waals surface area contributed by atoms with Gasteiger partial charge in [-0.05, 0) is 25.5 Å². The molecule has 0 radical (unpaired) electrons. The standard InChI is InChI=1S/C7H15NOS/c1-5-6-7(9)8(2)10(3)4/h5-6,10H,1-4H3/b6-5+. The van der Waals surface area contributed by atoms with Gasteiger partial charge in [-0.3, -0.25) is 4.79 Å². The van der Waals surface area contributed by atoms with Gasteiger partial charge in [0, 0.05) is 7.05 Å². The Morgan fingerprint density at radius 3 is 2.30 bits per heavy atom. The molecule has 60 valence electrons. The Bertz CT molecular complexity index is 143. The van der Waals surface area contributed by atoms with Gasteiger partial charge in [-0.25, -0.2) is 0 Å². The van der Waals surface area contributed by atoms with Crippen molar-refractivity contribution in [1.82, 2.24) is 4.31 Å². The largest absolute Gasteiger partial charge is 0.307 e. The van der Waals surface area contributed by atoms with Gasteiger partial charge in [0.15, 0.2) is 0 Å². The summed E-state index contributed by atoms with van der Waals surface area (Å²) in [6, 6.07) is 0. The molecule has 0 N–H and O–H groups in total. The van der Waals surface area contributed by atoms with Crippen LogP contribution < -0.4 is 0 Å². The predicted octanol–water partition coefficient (Wildman–Crippen LogP) is 1.20. The van der Waals surface area contributed by atoms with Crippen LogP contribution in [0.3, 0.4) is 0 Å². The number of rotatable bonds is 2. The Kier molecular flexibility index (Phi) is 4.19. The van der Waals surface area contributed by atoms with E-state index < -0.39 is 0 Å². The zero-order valence-electron chi connectivity index (χ0n) is 6.96. The smallest absolute Gasteiger partial charge is 0.254 e. The molecule has 0 fully saturated rings. The van der Waals surface area contributed by atoms with E-state index in [1.807, 2.05) is 14.0 Å². The third-order valence-corrected chi connectivity index (χ3v) is 2.63. The molecule has 0 aromatic heterocycles. The van der Waals surface area contributed by atoms with Crippen molar-refractivity contribution in [2.45, 2.75) is 6.92 Å². The molecule has 0 atom stereocenters. The summed E-state index contributed by atoms with van der Waals surface area (Å²) in [5.74, 6) is 0.0959. The summed E-state index contributed by atoms with van der Waals surface area (Å²) >= 11 is -0.280. The lowest BCUT2D eigenvalue weighted by Crippen LogP contribution is -2.20. The quantitative estimate of drug-likeness (QED) is 0.476. The first kappa shape index (κ1) is 9.56. The molecule has 0 bridgehead atoms. The molecular formula is C7H15NOS. The molecule has 2 nitrogen and oxygen atoms in total. The lowest BCUT2D eigenvalue weighted by molar-refractivity contribution is -0.120. The van der Waals surface area contributed by atoms with E-state index in [4.69, 9.17) is 0 Å². The maximum atomic E-state index is 11.0. The highest BCUT2D eigenvalue weighted by Gasteiger charge is 2.03. The van der Waals surface area contributed by atoms with Crippen molar-refractivity contribution < 1.29 is 4.79 Å². The maximum absolute atomic E-state index is 11.0. The zero-order valence-corrected chi connectivity index (χ0v) is 7.85. The molecule has 0 aromatic rings. The van der Waals surface area contributed by atoms with Crippen LogP contribution in [0.2, 0.25) is 0 Å². The van der Waals surface area contributed by atoms with Crippen LogP contribution in [0.25, 0.3) is 0 Å². The molecule has 3 heteroatoms. The van der Waals surface area contributed by atoms with Crippen molar-refractivity contribution in [1.29, 1.82) is 0 Å². The zero-order chi connectivity index (χ0) is 8.15. The Labute approximate surface area is 65.4 Å². The summed E-state index contributed by atoms with van der Waals surface area (Å²) in [5, 5.41) is 0. The SMILES string of the molecule is C/C=C/C(=O)N(C)[SH](C)C. The average molecular weight is 161 g/mol. The molecule has 0 saturated heterocycles. The molecule has 0 aliphatic carbocycles. The number of hydrogen-bond acceptors (Lipinski definition) is 1. The summed E-state index contributed by atoms with van der Waals surface area (Å²) in [5.41, 5.74) is 0. The van der Waals surface area contributed by atoms with E-state index in [0.29, 0.717) is 0 Å². The highest BCUT2D eigenvalue weighted by atomic mass is 32.2. The van der Waals surface area contributed by atoms with E-state index in [1.165, 1.54) is 0 Å². The first-order chi connectivity index (χ1) is 4.59. The van der Waals surface area contributed by atoms with Gasteiger partial charge in [0.25, 0.3) is 5.91 Å².